The highest BCUT2D eigenvalue weighted by Crippen LogP contribution is 2.54. The lowest BCUT2D eigenvalue weighted by atomic mass is 9.93. The van der Waals surface area contributed by atoms with Crippen LogP contribution in [0, 0.1) is 0 Å². The van der Waals surface area contributed by atoms with Crippen molar-refractivity contribution < 1.29 is 9.84 Å². The SMILES string of the molecule is C=C(OC(C)(C)C)C1(c2ccc(CO)cc2)CC1. The largest absolute Gasteiger partial charge is 0.492 e. The second-order valence-corrected chi connectivity index (χ2v) is 6.07. The van der Waals surface area contributed by atoms with E-state index in [-0.39, 0.29) is 17.6 Å². The van der Waals surface area contributed by atoms with Gasteiger partial charge in [-0.25, -0.2) is 0 Å². The average molecular weight is 246 g/mol. The molecular formula is C16H22O2. The molecule has 0 spiro atoms. The molecule has 0 unspecified atom stereocenters. The molecule has 98 valence electrons. The summed E-state index contributed by atoms with van der Waals surface area (Å²) in [5.74, 6) is 0.867. The predicted molar refractivity (Wildman–Crippen MR) is 73.3 cm³/mol. The van der Waals surface area contributed by atoms with Crippen LogP contribution in [0.15, 0.2) is 36.6 Å². The second kappa shape index (κ2) is 4.43. The van der Waals surface area contributed by atoms with Crippen LogP contribution in [0.5, 0.6) is 0 Å². The van der Waals surface area contributed by atoms with Gasteiger partial charge in [0, 0.05) is 0 Å². The van der Waals surface area contributed by atoms with Gasteiger partial charge >= 0.3 is 0 Å². The molecule has 1 aliphatic carbocycles. The normalized spacial score (nSPS) is 17.3. The summed E-state index contributed by atoms with van der Waals surface area (Å²) in [7, 11) is 0. The van der Waals surface area contributed by atoms with E-state index in [4.69, 9.17) is 9.84 Å². The van der Waals surface area contributed by atoms with E-state index in [1.165, 1.54) is 5.56 Å². The molecule has 1 aliphatic rings. The number of benzene rings is 1. The fourth-order valence-electron chi connectivity index (χ4n) is 2.25. The number of allylic oxidation sites excluding steroid dienone is 1. The molecule has 0 aliphatic heterocycles. The zero-order chi connectivity index (χ0) is 13.4. The minimum atomic E-state index is -0.197. The summed E-state index contributed by atoms with van der Waals surface area (Å²) < 4.78 is 5.93. The van der Waals surface area contributed by atoms with E-state index in [0.717, 1.165) is 24.2 Å². The Kier molecular flexibility index (Phi) is 3.24. The van der Waals surface area contributed by atoms with Crippen molar-refractivity contribution in [3.8, 4) is 0 Å². The lowest BCUT2D eigenvalue weighted by Crippen LogP contribution is -2.24. The zero-order valence-corrected chi connectivity index (χ0v) is 11.5. The minimum absolute atomic E-state index is 0.00126. The molecule has 1 fully saturated rings. The molecule has 18 heavy (non-hydrogen) atoms. The average Bonchev–Trinajstić information content (AvgIpc) is 3.08. The topological polar surface area (TPSA) is 29.5 Å². The Morgan fingerprint density at radius 3 is 2.22 bits per heavy atom. The Labute approximate surface area is 109 Å². The van der Waals surface area contributed by atoms with E-state index in [1.807, 2.05) is 32.9 Å². The molecule has 1 aromatic carbocycles. The van der Waals surface area contributed by atoms with Crippen molar-refractivity contribution in [1.82, 2.24) is 0 Å². The Balaban J connectivity index is 2.18. The lowest BCUT2D eigenvalue weighted by molar-refractivity contribution is 0.0401. The highest BCUT2D eigenvalue weighted by Gasteiger charge is 2.49. The summed E-state index contributed by atoms with van der Waals surface area (Å²) >= 11 is 0. The van der Waals surface area contributed by atoms with Gasteiger partial charge in [-0.15, -0.1) is 0 Å². The van der Waals surface area contributed by atoms with Crippen LogP contribution in [-0.4, -0.2) is 10.7 Å². The fourth-order valence-corrected chi connectivity index (χ4v) is 2.25. The van der Waals surface area contributed by atoms with Crippen LogP contribution in [0.25, 0.3) is 0 Å². The first-order valence-electron chi connectivity index (χ1n) is 6.46. The third kappa shape index (κ3) is 2.59. The van der Waals surface area contributed by atoms with Crippen molar-refractivity contribution in [2.45, 2.75) is 51.2 Å². The molecule has 0 heterocycles. The number of hydrogen-bond acceptors (Lipinski definition) is 2. The lowest BCUT2D eigenvalue weighted by Gasteiger charge is -2.28. The monoisotopic (exact) mass is 246 g/mol. The highest BCUT2D eigenvalue weighted by molar-refractivity contribution is 5.40. The van der Waals surface area contributed by atoms with Gasteiger partial charge in [-0.05, 0) is 44.7 Å². The number of aliphatic hydroxyl groups excluding tert-OH is 1. The molecule has 2 heteroatoms. The Morgan fingerprint density at radius 2 is 1.83 bits per heavy atom. The van der Waals surface area contributed by atoms with Crippen molar-refractivity contribution >= 4 is 0 Å². The van der Waals surface area contributed by atoms with Gasteiger partial charge in [0.05, 0.1) is 12.0 Å². The maximum atomic E-state index is 9.07. The third-order valence-electron chi connectivity index (χ3n) is 3.40. The van der Waals surface area contributed by atoms with Crippen LogP contribution in [0.4, 0.5) is 0 Å². The van der Waals surface area contributed by atoms with Crippen LogP contribution in [0.1, 0.15) is 44.7 Å². The highest BCUT2D eigenvalue weighted by atomic mass is 16.5. The smallest absolute Gasteiger partial charge is 0.100 e. The van der Waals surface area contributed by atoms with E-state index >= 15 is 0 Å². The molecular weight excluding hydrogens is 224 g/mol. The predicted octanol–water partition coefficient (Wildman–Crippen LogP) is 3.54. The van der Waals surface area contributed by atoms with Crippen molar-refractivity contribution in [3.05, 3.63) is 47.7 Å². The summed E-state index contributed by atoms with van der Waals surface area (Å²) in [6.45, 7) is 10.3. The Hall–Kier alpha value is -1.28. The minimum Gasteiger partial charge on any atom is -0.492 e. The van der Waals surface area contributed by atoms with Crippen LogP contribution in [0.2, 0.25) is 0 Å². The van der Waals surface area contributed by atoms with Crippen LogP contribution in [-0.2, 0) is 16.8 Å². The molecule has 0 atom stereocenters. The maximum Gasteiger partial charge on any atom is 0.100 e. The van der Waals surface area contributed by atoms with Crippen LogP contribution in [0.3, 0.4) is 0 Å². The summed E-state index contributed by atoms with van der Waals surface area (Å²) in [5.41, 5.74) is 1.99. The standard InChI is InChI=1S/C16H22O2/c1-12(18-15(2,3)4)16(9-10-16)14-7-5-13(11-17)6-8-14/h5-8,17H,1,9-11H2,2-4H3. The first-order valence-corrected chi connectivity index (χ1v) is 6.46. The van der Waals surface area contributed by atoms with Gasteiger partial charge in [0.15, 0.2) is 0 Å². The molecule has 0 bridgehead atoms. The van der Waals surface area contributed by atoms with Crippen molar-refractivity contribution in [2.24, 2.45) is 0 Å². The quantitative estimate of drug-likeness (QED) is 0.823. The van der Waals surface area contributed by atoms with Gasteiger partial charge in [-0.1, -0.05) is 30.8 Å². The molecule has 0 aromatic heterocycles. The summed E-state index contributed by atoms with van der Waals surface area (Å²) in [6.07, 6.45) is 2.20. The van der Waals surface area contributed by atoms with E-state index < -0.39 is 0 Å². The molecule has 0 saturated heterocycles. The molecule has 1 N–H and O–H groups in total. The molecule has 2 rings (SSSR count). The summed E-state index contributed by atoms with van der Waals surface area (Å²) in [6, 6.07) is 8.10. The molecule has 2 nitrogen and oxygen atoms in total. The number of ether oxygens (including phenoxy) is 1. The van der Waals surface area contributed by atoms with E-state index in [2.05, 4.69) is 18.7 Å². The van der Waals surface area contributed by atoms with Crippen LogP contribution < -0.4 is 0 Å². The van der Waals surface area contributed by atoms with Gasteiger partial charge in [-0.3, -0.25) is 0 Å². The zero-order valence-electron chi connectivity index (χ0n) is 11.5. The van der Waals surface area contributed by atoms with E-state index in [9.17, 15) is 0 Å². The fraction of sp³-hybridized carbons (Fsp3) is 0.500. The Morgan fingerprint density at radius 1 is 1.28 bits per heavy atom. The van der Waals surface area contributed by atoms with Gasteiger partial charge in [0.25, 0.3) is 0 Å². The third-order valence-corrected chi connectivity index (χ3v) is 3.40. The van der Waals surface area contributed by atoms with E-state index in [0.29, 0.717) is 0 Å². The maximum absolute atomic E-state index is 9.07. The molecule has 1 saturated carbocycles. The van der Waals surface area contributed by atoms with Gasteiger partial charge < -0.3 is 9.84 Å². The Bertz CT molecular complexity index is 433. The number of hydrogen-bond donors (Lipinski definition) is 1. The summed E-state index contributed by atoms with van der Waals surface area (Å²) in [5, 5.41) is 9.07. The van der Waals surface area contributed by atoms with Gasteiger partial charge in [0.2, 0.25) is 0 Å². The van der Waals surface area contributed by atoms with E-state index in [1.54, 1.807) is 0 Å². The molecule has 1 aromatic rings. The first-order chi connectivity index (χ1) is 8.37. The first kappa shape index (κ1) is 13.2. The number of aliphatic hydroxyl groups is 1. The number of rotatable bonds is 4. The molecule has 0 radical (unpaired) electrons. The molecule has 0 amide bonds. The summed E-state index contributed by atoms with van der Waals surface area (Å²) in [4.78, 5) is 0. The van der Waals surface area contributed by atoms with Crippen LogP contribution >= 0.6 is 0 Å². The van der Waals surface area contributed by atoms with Crippen molar-refractivity contribution in [2.75, 3.05) is 0 Å². The van der Waals surface area contributed by atoms with Gasteiger partial charge in [-0.2, -0.15) is 0 Å². The van der Waals surface area contributed by atoms with Crippen molar-refractivity contribution in [3.63, 3.8) is 0 Å². The second-order valence-electron chi connectivity index (χ2n) is 6.07. The van der Waals surface area contributed by atoms with Crippen molar-refractivity contribution in [1.29, 1.82) is 0 Å². The van der Waals surface area contributed by atoms with Gasteiger partial charge in [0.1, 0.15) is 11.4 Å².